The molecule has 0 unspecified atom stereocenters. The molecule has 0 saturated carbocycles. The van der Waals surface area contributed by atoms with E-state index in [4.69, 9.17) is 10.00 Å². The number of nitrogens with one attached hydrogen (secondary N) is 1. The number of para-hydroxylation sites is 1. The van der Waals surface area contributed by atoms with E-state index < -0.39 is 18.5 Å². The van der Waals surface area contributed by atoms with Crippen molar-refractivity contribution in [3.8, 4) is 17.5 Å². The molecule has 2 aromatic heterocycles. The molecule has 0 aliphatic rings. The van der Waals surface area contributed by atoms with Crippen LogP contribution in [0.4, 0.5) is 5.69 Å². The third-order valence-corrected chi connectivity index (χ3v) is 4.47. The first-order valence-corrected chi connectivity index (χ1v) is 9.42. The Balaban J connectivity index is 1.54. The van der Waals surface area contributed by atoms with Gasteiger partial charge in [0, 0.05) is 17.3 Å². The van der Waals surface area contributed by atoms with Crippen molar-refractivity contribution < 1.29 is 14.3 Å². The van der Waals surface area contributed by atoms with Crippen LogP contribution < -0.4 is 5.32 Å². The third kappa shape index (κ3) is 4.54. The molecule has 0 spiro atoms. The fourth-order valence-electron chi connectivity index (χ4n) is 3.06. The predicted octanol–water partition coefficient (Wildman–Crippen LogP) is 3.96. The number of hydrogen-bond acceptors (Lipinski definition) is 6. The van der Waals surface area contributed by atoms with E-state index in [1.54, 1.807) is 60.8 Å². The smallest absolute Gasteiger partial charge is 0.339 e. The number of nitriles is 1. The van der Waals surface area contributed by atoms with Crippen LogP contribution in [0.15, 0.2) is 79.0 Å². The first kappa shape index (κ1) is 19.7. The minimum Gasteiger partial charge on any atom is -0.452 e. The molecule has 2 heterocycles. The zero-order valence-electron chi connectivity index (χ0n) is 16.3. The van der Waals surface area contributed by atoms with Crippen molar-refractivity contribution >= 4 is 28.5 Å². The van der Waals surface area contributed by atoms with Gasteiger partial charge in [-0.3, -0.25) is 9.78 Å². The molecular formula is C24H16N4O3. The van der Waals surface area contributed by atoms with Gasteiger partial charge in [-0.15, -0.1) is 0 Å². The first-order chi connectivity index (χ1) is 15.1. The maximum Gasteiger partial charge on any atom is 0.339 e. The maximum absolute atomic E-state index is 12.8. The van der Waals surface area contributed by atoms with Gasteiger partial charge in [0.25, 0.3) is 5.91 Å². The highest BCUT2D eigenvalue weighted by Gasteiger charge is 2.17. The number of pyridine rings is 2. The lowest BCUT2D eigenvalue weighted by molar-refractivity contribution is -0.119. The SMILES string of the molecule is N#Cc1cccc(NC(=O)COC(=O)c2cc(-c3ccccn3)nc3ccccc23)c1. The molecule has 0 radical (unpaired) electrons. The lowest BCUT2D eigenvalue weighted by atomic mass is 10.1. The summed E-state index contributed by atoms with van der Waals surface area (Å²) in [5.41, 5.74) is 2.94. The highest BCUT2D eigenvalue weighted by atomic mass is 16.5. The van der Waals surface area contributed by atoms with Crippen LogP contribution in [-0.2, 0) is 9.53 Å². The number of benzene rings is 2. The van der Waals surface area contributed by atoms with Crippen LogP contribution in [-0.4, -0.2) is 28.5 Å². The molecular weight excluding hydrogens is 392 g/mol. The molecule has 7 heteroatoms. The number of esters is 1. The number of carbonyl (C=O) groups is 2. The second kappa shape index (κ2) is 8.84. The van der Waals surface area contributed by atoms with Gasteiger partial charge in [-0.25, -0.2) is 9.78 Å². The number of hydrogen-bond donors (Lipinski definition) is 1. The Bertz CT molecular complexity index is 1310. The second-order valence-corrected chi connectivity index (χ2v) is 6.60. The van der Waals surface area contributed by atoms with Gasteiger partial charge in [0.15, 0.2) is 6.61 Å². The molecule has 4 rings (SSSR count). The summed E-state index contributed by atoms with van der Waals surface area (Å²) >= 11 is 0. The van der Waals surface area contributed by atoms with Crippen LogP contribution in [0.3, 0.4) is 0 Å². The van der Waals surface area contributed by atoms with Gasteiger partial charge in [-0.2, -0.15) is 5.26 Å². The van der Waals surface area contributed by atoms with E-state index in [2.05, 4.69) is 15.3 Å². The van der Waals surface area contributed by atoms with Crippen LogP contribution >= 0.6 is 0 Å². The van der Waals surface area contributed by atoms with Crippen LogP contribution in [0, 0.1) is 11.3 Å². The van der Waals surface area contributed by atoms with E-state index in [1.807, 2.05) is 18.2 Å². The second-order valence-electron chi connectivity index (χ2n) is 6.60. The van der Waals surface area contributed by atoms with Gasteiger partial charge in [-0.1, -0.05) is 30.3 Å². The van der Waals surface area contributed by atoms with Gasteiger partial charge < -0.3 is 10.1 Å². The number of aromatic nitrogens is 2. The lowest BCUT2D eigenvalue weighted by Gasteiger charge is -2.10. The molecule has 1 N–H and O–H groups in total. The van der Waals surface area contributed by atoms with Gasteiger partial charge in [0.1, 0.15) is 0 Å². The molecule has 0 atom stereocenters. The number of anilines is 1. The normalized spacial score (nSPS) is 10.3. The lowest BCUT2D eigenvalue weighted by Crippen LogP contribution is -2.21. The summed E-state index contributed by atoms with van der Waals surface area (Å²) in [6, 6.07) is 22.7. The highest BCUT2D eigenvalue weighted by Crippen LogP contribution is 2.24. The zero-order chi connectivity index (χ0) is 21.6. The summed E-state index contributed by atoms with van der Waals surface area (Å²) in [4.78, 5) is 33.9. The summed E-state index contributed by atoms with van der Waals surface area (Å²) < 4.78 is 5.25. The van der Waals surface area contributed by atoms with E-state index in [9.17, 15) is 9.59 Å². The number of nitrogens with zero attached hydrogens (tertiary/aromatic N) is 3. The molecule has 1 amide bonds. The Kier molecular flexibility index (Phi) is 5.63. The summed E-state index contributed by atoms with van der Waals surface area (Å²) in [5, 5.41) is 12.2. The van der Waals surface area contributed by atoms with Gasteiger partial charge in [-0.05, 0) is 42.5 Å². The summed E-state index contributed by atoms with van der Waals surface area (Å²) in [6.07, 6.45) is 1.65. The number of amides is 1. The van der Waals surface area contributed by atoms with E-state index in [1.165, 1.54) is 6.07 Å². The Hall–Kier alpha value is -4.57. The van der Waals surface area contributed by atoms with Crippen LogP contribution in [0.1, 0.15) is 15.9 Å². The van der Waals surface area contributed by atoms with Crippen LogP contribution in [0.5, 0.6) is 0 Å². The average molecular weight is 408 g/mol. The third-order valence-electron chi connectivity index (χ3n) is 4.47. The Labute approximate surface area is 178 Å². The summed E-state index contributed by atoms with van der Waals surface area (Å²) in [6.45, 7) is -0.467. The van der Waals surface area contributed by atoms with E-state index in [-0.39, 0.29) is 0 Å². The largest absolute Gasteiger partial charge is 0.452 e. The van der Waals surface area contributed by atoms with Crippen LogP contribution in [0.2, 0.25) is 0 Å². The average Bonchev–Trinajstić information content (AvgIpc) is 2.82. The topological polar surface area (TPSA) is 105 Å². The maximum atomic E-state index is 12.8. The van der Waals surface area contributed by atoms with Crippen molar-refractivity contribution in [2.75, 3.05) is 11.9 Å². The van der Waals surface area contributed by atoms with E-state index in [0.717, 1.165) is 0 Å². The number of carbonyl (C=O) groups excluding carboxylic acids is 2. The number of fused-ring (bicyclic) bond motifs is 1. The van der Waals surface area contributed by atoms with Crippen molar-refractivity contribution in [3.05, 3.63) is 90.1 Å². The highest BCUT2D eigenvalue weighted by molar-refractivity contribution is 6.05. The first-order valence-electron chi connectivity index (χ1n) is 9.42. The molecule has 4 aromatic rings. The monoisotopic (exact) mass is 408 g/mol. The van der Waals surface area contributed by atoms with Crippen LogP contribution in [0.25, 0.3) is 22.3 Å². The minimum absolute atomic E-state index is 0.297. The minimum atomic E-state index is -0.642. The van der Waals surface area contributed by atoms with Gasteiger partial charge in [0.2, 0.25) is 0 Å². The molecule has 0 fully saturated rings. The molecule has 150 valence electrons. The van der Waals surface area contributed by atoms with Gasteiger partial charge >= 0.3 is 5.97 Å². The fraction of sp³-hybridized carbons (Fsp3) is 0.0417. The molecule has 2 aromatic carbocycles. The van der Waals surface area contributed by atoms with E-state index in [0.29, 0.717) is 39.1 Å². The molecule has 0 aliphatic heterocycles. The number of ether oxygens (including phenoxy) is 1. The van der Waals surface area contributed by atoms with Crippen molar-refractivity contribution in [2.45, 2.75) is 0 Å². The standard InChI is InChI=1S/C24H16N4O3/c25-14-16-6-5-7-17(12-16)27-23(29)15-31-24(30)19-13-22(21-10-3-4-11-26-21)28-20-9-2-1-8-18(19)20/h1-13H,15H2,(H,27,29). The predicted molar refractivity (Wildman–Crippen MR) is 115 cm³/mol. The Morgan fingerprint density at radius 3 is 2.61 bits per heavy atom. The van der Waals surface area contributed by atoms with E-state index >= 15 is 0 Å². The van der Waals surface area contributed by atoms with Crippen molar-refractivity contribution in [1.82, 2.24) is 9.97 Å². The molecule has 0 aliphatic carbocycles. The zero-order valence-corrected chi connectivity index (χ0v) is 16.3. The van der Waals surface area contributed by atoms with Crippen molar-refractivity contribution in [1.29, 1.82) is 5.26 Å². The molecule has 0 bridgehead atoms. The molecule has 31 heavy (non-hydrogen) atoms. The fourth-order valence-corrected chi connectivity index (χ4v) is 3.06. The van der Waals surface area contributed by atoms with Crippen molar-refractivity contribution in [2.24, 2.45) is 0 Å². The molecule has 7 nitrogen and oxygen atoms in total. The summed E-state index contributed by atoms with van der Waals surface area (Å²) in [5.74, 6) is -1.15. The van der Waals surface area contributed by atoms with Crippen molar-refractivity contribution in [3.63, 3.8) is 0 Å². The summed E-state index contributed by atoms with van der Waals surface area (Å²) in [7, 11) is 0. The Morgan fingerprint density at radius 2 is 1.81 bits per heavy atom. The Morgan fingerprint density at radius 1 is 0.968 bits per heavy atom. The quantitative estimate of drug-likeness (QED) is 0.501. The number of rotatable bonds is 5. The van der Waals surface area contributed by atoms with Gasteiger partial charge in [0.05, 0.1) is 34.1 Å². The molecule has 0 saturated heterocycles.